The molecule has 1 atom stereocenters. The van der Waals surface area contributed by atoms with Crippen LogP contribution in [0.4, 0.5) is 5.69 Å². The van der Waals surface area contributed by atoms with Gasteiger partial charge in [0.05, 0.1) is 17.8 Å². The summed E-state index contributed by atoms with van der Waals surface area (Å²) in [6.07, 6.45) is 0.801. The van der Waals surface area contributed by atoms with E-state index in [0.29, 0.717) is 12.2 Å². The first kappa shape index (κ1) is 16.5. The summed E-state index contributed by atoms with van der Waals surface area (Å²) in [6.45, 7) is 0.367. The molecule has 0 unspecified atom stereocenters. The van der Waals surface area contributed by atoms with Gasteiger partial charge in [0, 0.05) is 6.04 Å². The van der Waals surface area contributed by atoms with E-state index in [1.807, 2.05) is 49.3 Å². The molecule has 5 nitrogen and oxygen atoms in total. The highest BCUT2D eigenvalue weighted by Crippen LogP contribution is 2.33. The van der Waals surface area contributed by atoms with Gasteiger partial charge in [-0.1, -0.05) is 30.3 Å². The van der Waals surface area contributed by atoms with Crippen molar-refractivity contribution in [3.63, 3.8) is 0 Å². The molecule has 6 heteroatoms. The zero-order valence-electron chi connectivity index (χ0n) is 13.7. The molecule has 0 radical (unpaired) electrons. The van der Waals surface area contributed by atoms with E-state index in [4.69, 9.17) is 0 Å². The first-order valence-corrected chi connectivity index (χ1v) is 9.15. The zero-order chi connectivity index (χ0) is 17.3. The van der Waals surface area contributed by atoms with Crippen molar-refractivity contribution < 1.29 is 8.42 Å². The number of sulfonamides is 1. The summed E-state index contributed by atoms with van der Waals surface area (Å²) in [5, 5.41) is 9.27. The van der Waals surface area contributed by atoms with E-state index in [0.717, 1.165) is 12.0 Å². The molecular formula is C18H19N3O2S. The lowest BCUT2D eigenvalue weighted by molar-refractivity contribution is 0.293. The van der Waals surface area contributed by atoms with Crippen molar-refractivity contribution >= 4 is 15.7 Å². The molecule has 0 amide bonds. The van der Waals surface area contributed by atoms with Gasteiger partial charge in [-0.3, -0.25) is 4.31 Å². The normalized spacial score (nSPS) is 17.4. The number of nitrogens with zero attached hydrogens (tertiary/aromatic N) is 3. The van der Waals surface area contributed by atoms with E-state index in [9.17, 15) is 13.7 Å². The Hall–Kier alpha value is -2.36. The summed E-state index contributed by atoms with van der Waals surface area (Å²) in [4.78, 5) is 2.09. The fraction of sp³-hybridized carbons (Fsp3) is 0.278. The maximum Gasteiger partial charge on any atom is 0.265 e. The van der Waals surface area contributed by atoms with E-state index in [-0.39, 0.29) is 16.5 Å². The van der Waals surface area contributed by atoms with Crippen LogP contribution in [-0.4, -0.2) is 40.0 Å². The highest BCUT2D eigenvalue weighted by atomic mass is 32.2. The van der Waals surface area contributed by atoms with Crippen LogP contribution in [-0.2, 0) is 16.4 Å². The minimum Gasteiger partial charge on any atom is -0.304 e. The van der Waals surface area contributed by atoms with Crippen molar-refractivity contribution in [2.45, 2.75) is 17.4 Å². The average molecular weight is 341 g/mol. The Morgan fingerprint density at radius 1 is 1.12 bits per heavy atom. The molecule has 1 aliphatic rings. The molecule has 0 spiro atoms. The number of anilines is 1. The quantitative estimate of drug-likeness (QED) is 0.859. The molecule has 0 aromatic heterocycles. The number of benzene rings is 2. The van der Waals surface area contributed by atoms with Crippen LogP contribution in [0.2, 0.25) is 0 Å². The van der Waals surface area contributed by atoms with Crippen LogP contribution in [0.25, 0.3) is 0 Å². The molecule has 0 bridgehead atoms. The Kier molecular flexibility index (Phi) is 4.31. The van der Waals surface area contributed by atoms with Crippen molar-refractivity contribution in [1.82, 2.24) is 4.90 Å². The van der Waals surface area contributed by atoms with Gasteiger partial charge in [-0.05, 0) is 44.3 Å². The first-order valence-electron chi connectivity index (χ1n) is 7.71. The number of fused-ring (bicyclic) bond motifs is 1. The molecule has 124 valence electrons. The third kappa shape index (κ3) is 2.77. The van der Waals surface area contributed by atoms with Crippen molar-refractivity contribution in [2.24, 2.45) is 0 Å². The molecule has 2 aromatic carbocycles. The minimum absolute atomic E-state index is 0.0571. The molecule has 0 saturated heterocycles. The number of rotatable bonds is 3. The fourth-order valence-corrected chi connectivity index (χ4v) is 4.70. The van der Waals surface area contributed by atoms with Crippen LogP contribution in [0.3, 0.4) is 0 Å². The van der Waals surface area contributed by atoms with Gasteiger partial charge >= 0.3 is 0 Å². The van der Waals surface area contributed by atoms with E-state index in [1.165, 1.54) is 16.4 Å². The van der Waals surface area contributed by atoms with Gasteiger partial charge in [-0.15, -0.1) is 0 Å². The number of nitriles is 1. The summed E-state index contributed by atoms with van der Waals surface area (Å²) >= 11 is 0. The van der Waals surface area contributed by atoms with Crippen LogP contribution < -0.4 is 4.31 Å². The molecule has 1 aliphatic heterocycles. The van der Waals surface area contributed by atoms with Crippen LogP contribution in [0.1, 0.15) is 11.1 Å². The van der Waals surface area contributed by atoms with Gasteiger partial charge in [-0.25, -0.2) is 8.42 Å². The van der Waals surface area contributed by atoms with Crippen LogP contribution in [0.5, 0.6) is 0 Å². The average Bonchev–Trinajstić information content (AvgIpc) is 2.60. The molecule has 3 rings (SSSR count). The molecule has 24 heavy (non-hydrogen) atoms. The minimum atomic E-state index is -3.80. The second-order valence-electron chi connectivity index (χ2n) is 6.09. The van der Waals surface area contributed by atoms with E-state index in [2.05, 4.69) is 0 Å². The maximum atomic E-state index is 13.3. The lowest BCUT2D eigenvalue weighted by Gasteiger charge is -2.38. The van der Waals surface area contributed by atoms with Gasteiger partial charge in [0.15, 0.2) is 0 Å². The summed E-state index contributed by atoms with van der Waals surface area (Å²) in [5.41, 5.74) is 1.87. The van der Waals surface area contributed by atoms with E-state index < -0.39 is 10.0 Å². The molecule has 1 heterocycles. The number of para-hydroxylation sites is 1. The topological polar surface area (TPSA) is 64.4 Å². The Balaban J connectivity index is 2.15. The molecule has 0 aliphatic carbocycles. The summed E-state index contributed by atoms with van der Waals surface area (Å²) in [7, 11) is 0.102. The van der Waals surface area contributed by atoms with Crippen molar-refractivity contribution in [3.8, 4) is 6.07 Å². The second kappa shape index (κ2) is 6.27. The highest BCUT2D eigenvalue weighted by Gasteiger charge is 2.34. The van der Waals surface area contributed by atoms with Crippen molar-refractivity contribution in [3.05, 3.63) is 59.7 Å². The van der Waals surface area contributed by atoms with Gasteiger partial charge in [0.1, 0.15) is 11.0 Å². The predicted octanol–water partition coefficient (Wildman–Crippen LogP) is 2.24. The third-order valence-electron chi connectivity index (χ3n) is 4.40. The van der Waals surface area contributed by atoms with Crippen LogP contribution in [0.15, 0.2) is 53.4 Å². The molecule has 0 fully saturated rings. The number of likely N-dealkylation sites (N-methyl/N-ethyl adjacent to an activating group) is 1. The highest BCUT2D eigenvalue weighted by molar-refractivity contribution is 7.93. The van der Waals surface area contributed by atoms with Crippen LogP contribution in [0, 0.1) is 11.3 Å². The largest absolute Gasteiger partial charge is 0.304 e. The molecule has 0 N–H and O–H groups in total. The molecule has 0 saturated carbocycles. The molecular weight excluding hydrogens is 322 g/mol. The maximum absolute atomic E-state index is 13.3. The Labute approximate surface area is 142 Å². The van der Waals surface area contributed by atoms with Gasteiger partial charge < -0.3 is 4.90 Å². The van der Waals surface area contributed by atoms with Crippen molar-refractivity contribution in [2.75, 3.05) is 24.9 Å². The van der Waals surface area contributed by atoms with E-state index in [1.54, 1.807) is 12.1 Å². The summed E-state index contributed by atoms with van der Waals surface area (Å²) in [5.74, 6) is 0. The van der Waals surface area contributed by atoms with Crippen molar-refractivity contribution in [1.29, 1.82) is 5.26 Å². The SMILES string of the molecule is CN(C)[C@@H]1Cc2ccccc2N(S(=O)(=O)c2ccccc2C#N)C1. The standard InChI is InChI=1S/C18H19N3O2S/c1-20(2)16-11-14-7-3-5-9-17(14)21(13-16)24(22,23)18-10-6-4-8-15(18)12-19/h3-10,16H,11,13H2,1-2H3/t16-/m1/s1. The molecule has 2 aromatic rings. The zero-order valence-corrected chi connectivity index (χ0v) is 14.5. The lowest BCUT2D eigenvalue weighted by Crippen LogP contribution is -2.48. The predicted molar refractivity (Wildman–Crippen MR) is 93.3 cm³/mol. The second-order valence-corrected chi connectivity index (χ2v) is 7.93. The fourth-order valence-electron chi connectivity index (χ4n) is 3.01. The third-order valence-corrected chi connectivity index (χ3v) is 6.24. The van der Waals surface area contributed by atoms with Gasteiger partial charge in [-0.2, -0.15) is 5.26 Å². The Bertz CT molecular complexity index is 900. The Morgan fingerprint density at radius 2 is 1.79 bits per heavy atom. The number of hydrogen-bond acceptors (Lipinski definition) is 4. The van der Waals surface area contributed by atoms with Gasteiger partial charge in [0.25, 0.3) is 10.0 Å². The summed E-state index contributed by atoms with van der Waals surface area (Å²) < 4.78 is 27.9. The monoisotopic (exact) mass is 341 g/mol. The lowest BCUT2D eigenvalue weighted by atomic mass is 9.99. The van der Waals surface area contributed by atoms with Gasteiger partial charge in [0.2, 0.25) is 0 Å². The number of hydrogen-bond donors (Lipinski definition) is 0. The van der Waals surface area contributed by atoms with E-state index >= 15 is 0 Å². The summed E-state index contributed by atoms with van der Waals surface area (Å²) in [6, 6.07) is 16.0. The van der Waals surface area contributed by atoms with Crippen LogP contribution >= 0.6 is 0 Å². The Morgan fingerprint density at radius 3 is 2.50 bits per heavy atom. The first-order chi connectivity index (χ1) is 11.4. The smallest absolute Gasteiger partial charge is 0.265 e.